The zero-order valence-electron chi connectivity index (χ0n) is 10.8. The number of benzene rings is 1. The zero-order valence-corrected chi connectivity index (χ0v) is 10.8. The second-order valence-corrected chi connectivity index (χ2v) is 3.90. The normalized spacial score (nSPS) is 12.4. The zero-order chi connectivity index (χ0) is 13.0. The van der Waals surface area contributed by atoms with E-state index in [4.69, 9.17) is 9.26 Å². The minimum atomic E-state index is 0.0329. The molecule has 1 aromatic heterocycles. The Labute approximate surface area is 106 Å². The van der Waals surface area contributed by atoms with Crippen molar-refractivity contribution in [2.24, 2.45) is 0 Å². The summed E-state index contributed by atoms with van der Waals surface area (Å²) in [4.78, 5) is 4.37. The quantitative estimate of drug-likeness (QED) is 0.879. The van der Waals surface area contributed by atoms with Gasteiger partial charge in [-0.25, -0.2) is 0 Å². The fourth-order valence-corrected chi connectivity index (χ4v) is 1.58. The second-order valence-electron chi connectivity index (χ2n) is 3.90. The Bertz CT molecular complexity index is 510. The van der Waals surface area contributed by atoms with Crippen LogP contribution in [0, 0.1) is 0 Å². The van der Waals surface area contributed by atoms with Crippen molar-refractivity contribution < 1.29 is 9.26 Å². The first-order chi connectivity index (χ1) is 8.76. The summed E-state index contributed by atoms with van der Waals surface area (Å²) in [6, 6.07) is 7.70. The summed E-state index contributed by atoms with van der Waals surface area (Å²) in [6.07, 6.45) is 0. The van der Waals surface area contributed by atoms with Crippen LogP contribution in [0.1, 0.15) is 25.8 Å². The van der Waals surface area contributed by atoms with E-state index in [0.29, 0.717) is 18.3 Å². The maximum atomic E-state index is 5.55. The van der Waals surface area contributed by atoms with Crippen molar-refractivity contribution in [3.63, 3.8) is 0 Å². The summed E-state index contributed by atoms with van der Waals surface area (Å²) >= 11 is 0. The third-order valence-electron chi connectivity index (χ3n) is 2.67. The van der Waals surface area contributed by atoms with Crippen LogP contribution < -0.4 is 10.1 Å². The molecule has 1 aromatic carbocycles. The molecular weight excluding hydrogens is 230 g/mol. The van der Waals surface area contributed by atoms with Gasteiger partial charge in [0.25, 0.3) is 0 Å². The van der Waals surface area contributed by atoms with E-state index < -0.39 is 0 Å². The smallest absolute Gasteiger partial charge is 0.243 e. The summed E-state index contributed by atoms with van der Waals surface area (Å²) in [5, 5.41) is 7.05. The maximum absolute atomic E-state index is 5.55. The largest absolute Gasteiger partial charge is 0.493 e. The van der Waals surface area contributed by atoms with Gasteiger partial charge < -0.3 is 14.6 Å². The number of hydrogen-bond acceptors (Lipinski definition) is 5. The highest BCUT2D eigenvalue weighted by molar-refractivity contribution is 5.63. The Kier molecular flexibility index (Phi) is 3.94. The highest BCUT2D eigenvalue weighted by atomic mass is 16.5. The van der Waals surface area contributed by atoms with Crippen molar-refractivity contribution in [2.75, 3.05) is 13.7 Å². The van der Waals surface area contributed by atoms with E-state index in [1.54, 1.807) is 0 Å². The fraction of sp³-hybridized carbons (Fsp3) is 0.385. The van der Waals surface area contributed by atoms with Crippen LogP contribution in [0.2, 0.25) is 0 Å². The van der Waals surface area contributed by atoms with Crippen molar-refractivity contribution >= 4 is 0 Å². The monoisotopic (exact) mass is 247 g/mol. The van der Waals surface area contributed by atoms with E-state index in [-0.39, 0.29) is 6.04 Å². The number of hydrogen-bond donors (Lipinski definition) is 1. The van der Waals surface area contributed by atoms with Gasteiger partial charge >= 0.3 is 0 Å². The second kappa shape index (κ2) is 5.64. The number of aromatic nitrogens is 2. The summed E-state index contributed by atoms with van der Waals surface area (Å²) in [5.41, 5.74) is 0.845. The number of nitrogens with zero attached hydrogens (tertiary/aromatic N) is 2. The van der Waals surface area contributed by atoms with Crippen LogP contribution in [0.15, 0.2) is 28.8 Å². The molecule has 1 unspecified atom stereocenters. The van der Waals surface area contributed by atoms with Crippen LogP contribution in [0.5, 0.6) is 5.75 Å². The number of rotatable bonds is 5. The molecule has 0 bridgehead atoms. The van der Waals surface area contributed by atoms with Gasteiger partial charge in [0.2, 0.25) is 11.7 Å². The molecule has 0 fully saturated rings. The van der Waals surface area contributed by atoms with Crippen LogP contribution in [0.4, 0.5) is 0 Å². The molecule has 0 amide bonds. The summed E-state index contributed by atoms with van der Waals surface area (Å²) < 4.78 is 10.8. The van der Waals surface area contributed by atoms with Gasteiger partial charge in [-0.15, -0.1) is 0 Å². The highest BCUT2D eigenvalue weighted by Gasteiger charge is 2.15. The topological polar surface area (TPSA) is 60.2 Å². The first-order valence-electron chi connectivity index (χ1n) is 5.99. The van der Waals surface area contributed by atoms with Crippen molar-refractivity contribution in [1.82, 2.24) is 15.5 Å². The molecule has 0 spiro atoms. The molecule has 96 valence electrons. The van der Waals surface area contributed by atoms with E-state index in [1.807, 2.05) is 45.2 Å². The molecule has 0 aliphatic rings. The summed E-state index contributed by atoms with van der Waals surface area (Å²) in [7, 11) is 1.85. The summed E-state index contributed by atoms with van der Waals surface area (Å²) in [6.45, 7) is 4.52. The minimum Gasteiger partial charge on any atom is -0.493 e. The fourth-order valence-electron chi connectivity index (χ4n) is 1.58. The average molecular weight is 247 g/mol. The minimum absolute atomic E-state index is 0.0329. The van der Waals surface area contributed by atoms with Gasteiger partial charge in [-0.3, -0.25) is 0 Å². The Balaban J connectivity index is 2.33. The van der Waals surface area contributed by atoms with Gasteiger partial charge in [-0.05, 0) is 33.0 Å². The van der Waals surface area contributed by atoms with E-state index in [9.17, 15) is 0 Å². The molecule has 0 aliphatic carbocycles. The van der Waals surface area contributed by atoms with E-state index in [1.165, 1.54) is 0 Å². The SMILES string of the molecule is CCOc1ccccc1-c1noc(C(C)NC)n1. The molecule has 2 rings (SSSR count). The van der Waals surface area contributed by atoms with Crippen LogP contribution >= 0.6 is 0 Å². The average Bonchev–Trinajstić information content (AvgIpc) is 2.88. The molecule has 1 atom stereocenters. The van der Waals surface area contributed by atoms with Gasteiger partial charge in [0.1, 0.15) is 5.75 Å². The van der Waals surface area contributed by atoms with Crippen molar-refractivity contribution in [2.45, 2.75) is 19.9 Å². The van der Waals surface area contributed by atoms with Crippen LogP contribution in [0.25, 0.3) is 11.4 Å². The van der Waals surface area contributed by atoms with E-state index in [0.717, 1.165) is 11.3 Å². The Morgan fingerprint density at radius 2 is 2.17 bits per heavy atom. The van der Waals surface area contributed by atoms with Gasteiger partial charge in [-0.1, -0.05) is 17.3 Å². The molecule has 5 nitrogen and oxygen atoms in total. The molecule has 5 heteroatoms. The number of ether oxygens (including phenoxy) is 1. The van der Waals surface area contributed by atoms with Crippen molar-refractivity contribution in [1.29, 1.82) is 0 Å². The van der Waals surface area contributed by atoms with Crippen LogP contribution in [-0.2, 0) is 0 Å². The lowest BCUT2D eigenvalue weighted by Gasteiger charge is -2.06. The van der Waals surface area contributed by atoms with Crippen molar-refractivity contribution in [3.8, 4) is 17.1 Å². The standard InChI is InChI=1S/C13H17N3O2/c1-4-17-11-8-6-5-7-10(11)12-15-13(18-16-12)9(2)14-3/h5-9,14H,4H2,1-3H3. The highest BCUT2D eigenvalue weighted by Crippen LogP contribution is 2.28. The maximum Gasteiger partial charge on any atom is 0.243 e. The Morgan fingerprint density at radius 1 is 1.39 bits per heavy atom. The van der Waals surface area contributed by atoms with Gasteiger partial charge in [0.05, 0.1) is 18.2 Å². The molecule has 1 N–H and O–H groups in total. The molecule has 0 radical (unpaired) electrons. The van der Waals surface area contributed by atoms with Crippen molar-refractivity contribution in [3.05, 3.63) is 30.2 Å². The number of para-hydroxylation sites is 1. The third kappa shape index (κ3) is 2.51. The van der Waals surface area contributed by atoms with E-state index in [2.05, 4.69) is 15.5 Å². The lowest BCUT2D eigenvalue weighted by molar-refractivity contribution is 0.339. The van der Waals surface area contributed by atoms with Crippen LogP contribution in [0.3, 0.4) is 0 Å². The summed E-state index contributed by atoms with van der Waals surface area (Å²) in [5.74, 6) is 1.89. The molecule has 1 heterocycles. The number of nitrogens with one attached hydrogen (secondary N) is 1. The molecule has 18 heavy (non-hydrogen) atoms. The molecule has 0 aliphatic heterocycles. The van der Waals surface area contributed by atoms with Gasteiger partial charge in [0, 0.05) is 0 Å². The molecule has 2 aromatic rings. The predicted molar refractivity (Wildman–Crippen MR) is 68.4 cm³/mol. The lowest BCUT2D eigenvalue weighted by atomic mass is 10.2. The first-order valence-corrected chi connectivity index (χ1v) is 5.99. The lowest BCUT2D eigenvalue weighted by Crippen LogP contribution is -2.12. The molecular formula is C13H17N3O2. The van der Waals surface area contributed by atoms with E-state index >= 15 is 0 Å². The first kappa shape index (κ1) is 12.6. The van der Waals surface area contributed by atoms with Gasteiger partial charge in [-0.2, -0.15) is 4.98 Å². The Morgan fingerprint density at radius 3 is 2.89 bits per heavy atom. The molecule has 0 saturated carbocycles. The predicted octanol–water partition coefficient (Wildman–Crippen LogP) is 2.42. The third-order valence-corrected chi connectivity index (χ3v) is 2.67. The molecule has 0 saturated heterocycles. The van der Waals surface area contributed by atoms with Crippen LogP contribution in [-0.4, -0.2) is 23.8 Å². The Hall–Kier alpha value is -1.88. The van der Waals surface area contributed by atoms with Gasteiger partial charge in [0.15, 0.2) is 0 Å².